The first kappa shape index (κ1) is 25.1. The molecule has 0 bridgehead atoms. The van der Waals surface area contributed by atoms with Gasteiger partial charge >= 0.3 is 0 Å². The molecule has 1 aliphatic heterocycles. The molecule has 1 aromatic rings. The standard InChI is InChI=1S/C28H48O2/c1-19(2)11-9-12-20(3)13-10-14-21(4)15-17-28(8)18-16-25-24(7)26(29)22(5)23(6)27(25)30-28/h19-21,29H,9-18H2,1-8H3/t20-,21-,28-/m1/s1. The molecule has 0 radical (unpaired) electrons. The summed E-state index contributed by atoms with van der Waals surface area (Å²) < 4.78 is 6.61. The fourth-order valence-corrected chi connectivity index (χ4v) is 5.00. The second kappa shape index (κ2) is 10.9. The normalized spacial score (nSPS) is 20.7. The minimum atomic E-state index is -0.0774. The summed E-state index contributed by atoms with van der Waals surface area (Å²) >= 11 is 0. The molecule has 0 amide bonds. The van der Waals surface area contributed by atoms with Crippen molar-refractivity contribution in [2.45, 2.75) is 125 Å². The molecule has 0 unspecified atom stereocenters. The number of benzene rings is 1. The van der Waals surface area contributed by atoms with E-state index in [0.717, 1.165) is 59.5 Å². The first-order valence-electron chi connectivity index (χ1n) is 12.5. The molecule has 3 atom stereocenters. The molecular weight excluding hydrogens is 368 g/mol. The van der Waals surface area contributed by atoms with Crippen molar-refractivity contribution in [1.82, 2.24) is 0 Å². The molecule has 0 aliphatic carbocycles. The van der Waals surface area contributed by atoms with Crippen LogP contribution in [0, 0.1) is 38.5 Å². The third kappa shape index (κ3) is 6.66. The SMILES string of the molecule is Cc1c(C)c2c(c(C)c1O)CC[C@@](C)(CC[C@H](C)CCC[C@H](C)CCCC(C)C)O2. The number of hydrogen-bond donors (Lipinski definition) is 1. The quantitative estimate of drug-likeness (QED) is 0.392. The number of aromatic hydroxyl groups is 1. The number of rotatable bonds is 11. The summed E-state index contributed by atoms with van der Waals surface area (Å²) in [6.07, 6.45) is 12.7. The number of phenolic OH excluding ortho intramolecular Hbond substituents is 1. The molecule has 0 saturated heterocycles. The van der Waals surface area contributed by atoms with Gasteiger partial charge in [-0.3, -0.25) is 0 Å². The average Bonchev–Trinajstić information content (AvgIpc) is 2.69. The Labute approximate surface area is 186 Å². The lowest BCUT2D eigenvalue weighted by molar-refractivity contribution is 0.0484. The Morgan fingerprint density at radius 1 is 0.833 bits per heavy atom. The van der Waals surface area contributed by atoms with E-state index in [1.807, 2.05) is 13.8 Å². The van der Waals surface area contributed by atoms with E-state index >= 15 is 0 Å². The Morgan fingerprint density at radius 3 is 2.00 bits per heavy atom. The maximum Gasteiger partial charge on any atom is 0.127 e. The van der Waals surface area contributed by atoms with E-state index in [2.05, 4.69) is 41.5 Å². The van der Waals surface area contributed by atoms with Crippen LogP contribution >= 0.6 is 0 Å². The second-order valence-electron chi connectivity index (χ2n) is 11.1. The molecule has 1 N–H and O–H groups in total. The second-order valence-corrected chi connectivity index (χ2v) is 11.1. The summed E-state index contributed by atoms with van der Waals surface area (Å²) in [6.45, 7) is 17.9. The van der Waals surface area contributed by atoms with Crippen molar-refractivity contribution in [3.05, 3.63) is 22.3 Å². The van der Waals surface area contributed by atoms with Crippen molar-refractivity contribution in [1.29, 1.82) is 0 Å². The summed E-state index contributed by atoms with van der Waals surface area (Å²) in [6, 6.07) is 0. The summed E-state index contributed by atoms with van der Waals surface area (Å²) in [5.74, 6) is 3.97. The van der Waals surface area contributed by atoms with Crippen LogP contribution in [-0.2, 0) is 6.42 Å². The van der Waals surface area contributed by atoms with Crippen molar-refractivity contribution >= 4 is 0 Å². The van der Waals surface area contributed by atoms with Gasteiger partial charge in [-0.2, -0.15) is 0 Å². The van der Waals surface area contributed by atoms with Crippen LogP contribution in [0.1, 0.15) is 115 Å². The molecule has 0 saturated carbocycles. The lowest BCUT2D eigenvalue weighted by atomic mass is 9.83. The molecule has 30 heavy (non-hydrogen) atoms. The summed E-state index contributed by atoms with van der Waals surface area (Å²) in [5, 5.41) is 10.4. The van der Waals surface area contributed by atoms with E-state index in [-0.39, 0.29) is 5.60 Å². The average molecular weight is 417 g/mol. The third-order valence-electron chi connectivity index (χ3n) is 7.63. The third-order valence-corrected chi connectivity index (χ3v) is 7.63. The number of fused-ring (bicyclic) bond motifs is 1. The molecule has 0 spiro atoms. The van der Waals surface area contributed by atoms with E-state index in [9.17, 15) is 5.11 Å². The van der Waals surface area contributed by atoms with Gasteiger partial charge in [0.2, 0.25) is 0 Å². The highest BCUT2D eigenvalue weighted by Crippen LogP contribution is 2.44. The smallest absolute Gasteiger partial charge is 0.127 e. The highest BCUT2D eigenvalue weighted by Gasteiger charge is 2.34. The van der Waals surface area contributed by atoms with Crippen LogP contribution in [0.3, 0.4) is 0 Å². The van der Waals surface area contributed by atoms with Crippen LogP contribution in [0.25, 0.3) is 0 Å². The van der Waals surface area contributed by atoms with E-state index in [1.165, 1.54) is 50.5 Å². The predicted molar refractivity (Wildman–Crippen MR) is 130 cm³/mol. The Hall–Kier alpha value is -1.18. The zero-order valence-corrected chi connectivity index (χ0v) is 21.2. The number of ether oxygens (including phenoxy) is 1. The van der Waals surface area contributed by atoms with Crippen LogP contribution in [0.15, 0.2) is 0 Å². The highest BCUT2D eigenvalue weighted by molar-refractivity contribution is 5.58. The molecule has 1 aromatic carbocycles. The van der Waals surface area contributed by atoms with Crippen LogP contribution < -0.4 is 4.74 Å². The molecule has 2 rings (SSSR count). The topological polar surface area (TPSA) is 29.5 Å². The van der Waals surface area contributed by atoms with Crippen molar-refractivity contribution in [2.24, 2.45) is 17.8 Å². The molecule has 1 aliphatic rings. The van der Waals surface area contributed by atoms with Crippen LogP contribution in [0.5, 0.6) is 11.5 Å². The van der Waals surface area contributed by atoms with E-state index in [4.69, 9.17) is 4.74 Å². The van der Waals surface area contributed by atoms with Crippen LogP contribution in [0.4, 0.5) is 0 Å². The zero-order valence-electron chi connectivity index (χ0n) is 21.2. The highest BCUT2D eigenvalue weighted by atomic mass is 16.5. The van der Waals surface area contributed by atoms with E-state index in [1.54, 1.807) is 0 Å². The molecule has 1 heterocycles. The predicted octanol–water partition coefficient (Wildman–Crippen LogP) is 8.45. The maximum absolute atomic E-state index is 10.4. The van der Waals surface area contributed by atoms with Gasteiger partial charge in [0.15, 0.2) is 0 Å². The first-order valence-corrected chi connectivity index (χ1v) is 12.5. The molecular formula is C28H48O2. The minimum absolute atomic E-state index is 0.0774. The first-order chi connectivity index (χ1) is 14.0. The number of phenols is 1. The molecule has 2 heteroatoms. The lowest BCUT2D eigenvalue weighted by Crippen LogP contribution is -2.37. The van der Waals surface area contributed by atoms with Gasteiger partial charge in [-0.15, -0.1) is 0 Å². The summed E-state index contributed by atoms with van der Waals surface area (Å²) in [4.78, 5) is 0. The van der Waals surface area contributed by atoms with E-state index < -0.39 is 0 Å². The van der Waals surface area contributed by atoms with Gasteiger partial charge in [0.1, 0.15) is 17.1 Å². The Balaban J connectivity index is 1.80. The van der Waals surface area contributed by atoms with Crippen molar-refractivity contribution in [3.8, 4) is 11.5 Å². The molecule has 172 valence electrons. The van der Waals surface area contributed by atoms with Crippen molar-refractivity contribution in [2.75, 3.05) is 0 Å². The zero-order chi connectivity index (χ0) is 22.5. The van der Waals surface area contributed by atoms with E-state index in [0.29, 0.717) is 5.75 Å². The van der Waals surface area contributed by atoms with Gasteiger partial charge in [0.25, 0.3) is 0 Å². The molecule has 0 aromatic heterocycles. The Morgan fingerprint density at radius 2 is 1.40 bits per heavy atom. The number of hydrogen-bond acceptors (Lipinski definition) is 2. The van der Waals surface area contributed by atoms with Crippen LogP contribution in [0.2, 0.25) is 0 Å². The summed E-state index contributed by atoms with van der Waals surface area (Å²) in [7, 11) is 0. The van der Waals surface area contributed by atoms with Gasteiger partial charge in [-0.05, 0) is 87.8 Å². The van der Waals surface area contributed by atoms with Gasteiger partial charge in [-0.1, -0.05) is 66.2 Å². The Bertz CT molecular complexity index is 691. The monoisotopic (exact) mass is 416 g/mol. The fourth-order valence-electron chi connectivity index (χ4n) is 5.00. The van der Waals surface area contributed by atoms with Crippen LogP contribution in [-0.4, -0.2) is 10.7 Å². The van der Waals surface area contributed by atoms with Gasteiger partial charge in [0, 0.05) is 5.56 Å². The molecule has 2 nitrogen and oxygen atoms in total. The van der Waals surface area contributed by atoms with Crippen molar-refractivity contribution < 1.29 is 9.84 Å². The largest absolute Gasteiger partial charge is 0.507 e. The minimum Gasteiger partial charge on any atom is -0.507 e. The maximum atomic E-state index is 10.4. The van der Waals surface area contributed by atoms with Gasteiger partial charge in [0.05, 0.1) is 0 Å². The summed E-state index contributed by atoms with van der Waals surface area (Å²) in [5.41, 5.74) is 4.22. The Kier molecular flexibility index (Phi) is 9.13. The van der Waals surface area contributed by atoms with Gasteiger partial charge < -0.3 is 9.84 Å². The fraction of sp³-hybridized carbons (Fsp3) is 0.786. The van der Waals surface area contributed by atoms with Crippen molar-refractivity contribution in [3.63, 3.8) is 0 Å². The lowest BCUT2D eigenvalue weighted by Gasteiger charge is -2.38. The molecule has 0 fully saturated rings. The van der Waals surface area contributed by atoms with Gasteiger partial charge in [-0.25, -0.2) is 0 Å².